The fraction of sp³-hybridized carbons (Fsp3) is 0.385. The molecule has 5 N–H and O–H groups in total. The first-order chi connectivity index (χ1) is 17.2. The Morgan fingerprint density at radius 3 is 2.39 bits per heavy atom. The number of amides is 3. The van der Waals surface area contributed by atoms with Gasteiger partial charge in [0.15, 0.2) is 0 Å². The van der Waals surface area contributed by atoms with Crippen LogP contribution >= 0.6 is 11.6 Å². The molecular formula is C26H30ClN3O6. The van der Waals surface area contributed by atoms with Gasteiger partial charge >= 0.3 is 5.97 Å². The van der Waals surface area contributed by atoms with E-state index in [9.17, 15) is 29.4 Å². The van der Waals surface area contributed by atoms with Gasteiger partial charge in [0.2, 0.25) is 5.91 Å². The van der Waals surface area contributed by atoms with Gasteiger partial charge in [-0.25, -0.2) is 4.79 Å². The van der Waals surface area contributed by atoms with Crippen molar-refractivity contribution in [3.8, 4) is 5.75 Å². The lowest BCUT2D eigenvalue weighted by Gasteiger charge is -2.21. The van der Waals surface area contributed by atoms with E-state index in [0.717, 1.165) is 25.7 Å². The lowest BCUT2D eigenvalue weighted by molar-refractivity contribution is -0.139. The quantitative estimate of drug-likeness (QED) is 0.328. The number of carboxylic acid groups (broad SMARTS) is 1. The monoisotopic (exact) mass is 515 g/mol. The lowest BCUT2D eigenvalue weighted by Crippen LogP contribution is -2.48. The molecule has 1 atom stereocenters. The molecule has 9 nitrogen and oxygen atoms in total. The Morgan fingerprint density at radius 1 is 0.972 bits per heavy atom. The van der Waals surface area contributed by atoms with Crippen molar-refractivity contribution in [2.75, 3.05) is 6.54 Å². The third kappa shape index (κ3) is 7.98. The molecule has 1 aliphatic carbocycles. The van der Waals surface area contributed by atoms with Crippen LogP contribution in [-0.2, 0) is 16.1 Å². The molecule has 0 unspecified atom stereocenters. The molecule has 1 fully saturated rings. The number of rotatable bonds is 10. The molecule has 3 rings (SSSR count). The van der Waals surface area contributed by atoms with Crippen molar-refractivity contribution in [2.45, 2.75) is 51.1 Å². The molecule has 0 radical (unpaired) electrons. The minimum Gasteiger partial charge on any atom is -0.508 e. The van der Waals surface area contributed by atoms with Gasteiger partial charge in [-0.1, -0.05) is 43.0 Å². The van der Waals surface area contributed by atoms with Crippen molar-refractivity contribution in [1.29, 1.82) is 0 Å². The maximum atomic E-state index is 12.7. The number of phenols is 1. The molecule has 192 valence electrons. The highest BCUT2D eigenvalue weighted by atomic mass is 35.5. The predicted molar refractivity (Wildman–Crippen MR) is 134 cm³/mol. The van der Waals surface area contributed by atoms with Crippen LogP contribution in [0.15, 0.2) is 42.5 Å². The molecule has 1 aliphatic rings. The second-order valence-electron chi connectivity index (χ2n) is 8.92. The van der Waals surface area contributed by atoms with Gasteiger partial charge in [0.05, 0.1) is 10.6 Å². The topological polar surface area (TPSA) is 145 Å². The van der Waals surface area contributed by atoms with Gasteiger partial charge < -0.3 is 26.2 Å². The van der Waals surface area contributed by atoms with Crippen LogP contribution in [-0.4, -0.2) is 46.5 Å². The summed E-state index contributed by atoms with van der Waals surface area (Å²) >= 11 is 6.21. The van der Waals surface area contributed by atoms with E-state index in [0.29, 0.717) is 17.9 Å². The summed E-state index contributed by atoms with van der Waals surface area (Å²) in [4.78, 5) is 49.0. The number of aliphatic carboxylic acids is 1. The summed E-state index contributed by atoms with van der Waals surface area (Å²) in [6, 6.07) is 9.17. The summed E-state index contributed by atoms with van der Waals surface area (Å²) in [7, 11) is 0. The summed E-state index contributed by atoms with van der Waals surface area (Å²) in [5.74, 6) is -2.30. The van der Waals surface area contributed by atoms with Gasteiger partial charge in [-0.15, -0.1) is 0 Å². The summed E-state index contributed by atoms with van der Waals surface area (Å²) in [5, 5.41) is 26.6. The Hall–Kier alpha value is -3.59. The number of benzene rings is 2. The van der Waals surface area contributed by atoms with E-state index in [4.69, 9.17) is 11.6 Å². The zero-order valence-electron chi connectivity index (χ0n) is 19.8. The number of phenolic OH excluding ortho intramolecular Hbond substituents is 1. The average Bonchev–Trinajstić information content (AvgIpc) is 2.85. The standard InChI is InChI=1S/C26H30ClN3O6/c27-21-13-18(24(33)29-14-17-7-4-8-19(31)11-17)9-10-20(21)25(34)30-22(26(35)36)15-28-23(32)12-16-5-2-1-3-6-16/h4,7-11,13,16,22,31H,1-3,5-6,12,14-15H2,(H,28,32)(H,29,33)(H,30,34)(H,35,36)/t22-/m0/s1. The van der Waals surface area contributed by atoms with Gasteiger partial charge in [0.1, 0.15) is 11.8 Å². The first-order valence-corrected chi connectivity index (χ1v) is 12.3. The highest BCUT2D eigenvalue weighted by molar-refractivity contribution is 6.34. The zero-order valence-corrected chi connectivity index (χ0v) is 20.5. The number of aromatic hydroxyl groups is 1. The van der Waals surface area contributed by atoms with Gasteiger partial charge in [-0.05, 0) is 54.7 Å². The number of hydrogen-bond acceptors (Lipinski definition) is 5. The Kier molecular flexibility index (Phi) is 9.69. The van der Waals surface area contributed by atoms with Gasteiger partial charge in [-0.3, -0.25) is 14.4 Å². The number of hydrogen-bond donors (Lipinski definition) is 5. The normalized spacial score (nSPS) is 14.5. The molecule has 2 aromatic carbocycles. The summed E-state index contributed by atoms with van der Waals surface area (Å²) in [5.41, 5.74) is 0.915. The molecule has 2 aromatic rings. The van der Waals surface area contributed by atoms with Crippen LogP contribution in [0.2, 0.25) is 5.02 Å². The third-order valence-electron chi connectivity index (χ3n) is 6.15. The summed E-state index contributed by atoms with van der Waals surface area (Å²) < 4.78 is 0. The third-order valence-corrected chi connectivity index (χ3v) is 6.46. The first-order valence-electron chi connectivity index (χ1n) is 11.9. The maximum Gasteiger partial charge on any atom is 0.328 e. The Bertz CT molecular complexity index is 1120. The van der Waals surface area contributed by atoms with E-state index in [2.05, 4.69) is 16.0 Å². The van der Waals surface area contributed by atoms with Crippen LogP contribution in [0.4, 0.5) is 0 Å². The first kappa shape index (κ1) is 27.0. The van der Waals surface area contributed by atoms with Crippen LogP contribution < -0.4 is 16.0 Å². The molecule has 0 aromatic heterocycles. The Morgan fingerprint density at radius 2 is 1.72 bits per heavy atom. The van der Waals surface area contributed by atoms with E-state index in [-0.39, 0.29) is 40.9 Å². The van der Waals surface area contributed by atoms with Gasteiger partial charge in [0, 0.05) is 25.1 Å². The number of halogens is 1. The molecule has 0 heterocycles. The van der Waals surface area contributed by atoms with Crippen molar-refractivity contribution in [1.82, 2.24) is 16.0 Å². The summed E-state index contributed by atoms with van der Waals surface area (Å²) in [6.07, 6.45) is 5.72. The number of carbonyl (C=O) groups is 4. The predicted octanol–water partition coefficient (Wildman–Crippen LogP) is 3.25. The van der Waals surface area contributed by atoms with Gasteiger partial charge in [0.25, 0.3) is 11.8 Å². The zero-order chi connectivity index (χ0) is 26.1. The van der Waals surface area contributed by atoms with Crippen LogP contribution in [0, 0.1) is 5.92 Å². The molecule has 1 saturated carbocycles. The van der Waals surface area contributed by atoms with Gasteiger partial charge in [-0.2, -0.15) is 0 Å². The lowest BCUT2D eigenvalue weighted by atomic mass is 9.87. The van der Waals surface area contributed by atoms with Crippen molar-refractivity contribution in [3.05, 3.63) is 64.2 Å². The van der Waals surface area contributed by atoms with Crippen molar-refractivity contribution in [2.24, 2.45) is 5.92 Å². The van der Waals surface area contributed by atoms with Crippen LogP contribution in [0.5, 0.6) is 5.75 Å². The number of carboxylic acids is 1. The largest absolute Gasteiger partial charge is 0.508 e. The second kappa shape index (κ2) is 12.9. The van der Waals surface area contributed by atoms with E-state index >= 15 is 0 Å². The van der Waals surface area contributed by atoms with E-state index in [1.54, 1.807) is 12.1 Å². The average molecular weight is 516 g/mol. The molecular weight excluding hydrogens is 486 g/mol. The van der Waals surface area contributed by atoms with E-state index in [1.807, 2.05) is 0 Å². The van der Waals surface area contributed by atoms with Crippen LogP contribution in [0.3, 0.4) is 0 Å². The summed E-state index contributed by atoms with van der Waals surface area (Å²) in [6.45, 7) is -0.0698. The van der Waals surface area contributed by atoms with E-state index < -0.39 is 23.8 Å². The number of carbonyl (C=O) groups excluding carboxylic acids is 3. The van der Waals surface area contributed by atoms with Crippen molar-refractivity contribution >= 4 is 35.3 Å². The fourth-order valence-electron chi connectivity index (χ4n) is 4.17. The Balaban J connectivity index is 1.54. The van der Waals surface area contributed by atoms with Crippen LogP contribution in [0.1, 0.15) is 64.8 Å². The molecule has 10 heteroatoms. The maximum absolute atomic E-state index is 12.7. The van der Waals surface area contributed by atoms with E-state index in [1.165, 1.54) is 36.8 Å². The number of nitrogens with one attached hydrogen (secondary N) is 3. The minimum atomic E-state index is -1.34. The molecule has 36 heavy (non-hydrogen) atoms. The SMILES string of the molecule is O=C(CC1CCCCC1)NC[C@H](NC(=O)c1ccc(C(=O)NCc2cccc(O)c2)cc1Cl)C(=O)O. The molecule has 0 bridgehead atoms. The Labute approximate surface area is 214 Å². The molecule has 0 spiro atoms. The molecule has 3 amide bonds. The second-order valence-corrected chi connectivity index (χ2v) is 9.33. The smallest absolute Gasteiger partial charge is 0.328 e. The molecule has 0 saturated heterocycles. The van der Waals surface area contributed by atoms with Crippen molar-refractivity contribution < 1.29 is 29.4 Å². The highest BCUT2D eigenvalue weighted by Crippen LogP contribution is 2.26. The fourth-order valence-corrected chi connectivity index (χ4v) is 4.44. The molecule has 0 aliphatic heterocycles. The minimum absolute atomic E-state index is 0.000908. The highest BCUT2D eigenvalue weighted by Gasteiger charge is 2.24. The van der Waals surface area contributed by atoms with Crippen LogP contribution in [0.25, 0.3) is 0 Å². The van der Waals surface area contributed by atoms with Crippen molar-refractivity contribution in [3.63, 3.8) is 0 Å².